The number of aromatic nitrogens is 1. The van der Waals surface area contributed by atoms with Gasteiger partial charge in [-0.15, -0.1) is 0 Å². The highest BCUT2D eigenvalue weighted by Gasteiger charge is 2.54. The molecule has 9 nitrogen and oxygen atoms in total. The predicted octanol–water partition coefficient (Wildman–Crippen LogP) is 2.97. The van der Waals surface area contributed by atoms with E-state index in [0.717, 1.165) is 44.0 Å². The zero-order chi connectivity index (χ0) is 28.6. The summed E-state index contributed by atoms with van der Waals surface area (Å²) in [6, 6.07) is 6.15. The van der Waals surface area contributed by atoms with E-state index < -0.39 is 24.3 Å². The third-order valence-electron chi connectivity index (χ3n) is 5.90. The molecule has 0 saturated carbocycles. The monoisotopic (exact) mass is 545 g/mol. The molecule has 15 heteroatoms. The van der Waals surface area contributed by atoms with E-state index in [9.17, 15) is 31.1 Å². The van der Waals surface area contributed by atoms with Gasteiger partial charge in [-0.2, -0.15) is 26.3 Å². The SMILES string of the molecule is COCCN1CC[C@]2(CN(Cc3cccc(C)n3)C[C@H]2C)C1=O.O=C(O)C(F)(F)F.O=C(O)C(F)(F)F. The molecule has 0 bridgehead atoms. The van der Waals surface area contributed by atoms with Crippen LogP contribution in [0.2, 0.25) is 0 Å². The number of carboxylic acid groups (broad SMARTS) is 2. The highest BCUT2D eigenvalue weighted by atomic mass is 19.4. The Morgan fingerprint density at radius 3 is 2.14 bits per heavy atom. The van der Waals surface area contributed by atoms with Crippen LogP contribution in [-0.4, -0.2) is 95.1 Å². The van der Waals surface area contributed by atoms with Crippen LogP contribution in [0.5, 0.6) is 0 Å². The number of halogens is 6. The lowest BCUT2D eigenvalue weighted by Crippen LogP contribution is -2.40. The van der Waals surface area contributed by atoms with Crippen LogP contribution >= 0.6 is 0 Å². The van der Waals surface area contributed by atoms with Gasteiger partial charge in [0.15, 0.2) is 0 Å². The smallest absolute Gasteiger partial charge is 0.475 e. The molecule has 2 fully saturated rings. The molecule has 37 heavy (non-hydrogen) atoms. The highest BCUT2D eigenvalue weighted by Crippen LogP contribution is 2.44. The number of hydrogen-bond acceptors (Lipinski definition) is 6. The molecule has 2 saturated heterocycles. The molecule has 3 rings (SSSR count). The van der Waals surface area contributed by atoms with E-state index in [1.807, 2.05) is 17.9 Å². The van der Waals surface area contributed by atoms with Crippen molar-refractivity contribution in [1.29, 1.82) is 0 Å². The third kappa shape index (κ3) is 9.46. The van der Waals surface area contributed by atoms with Crippen molar-refractivity contribution in [1.82, 2.24) is 14.8 Å². The van der Waals surface area contributed by atoms with E-state index >= 15 is 0 Å². The van der Waals surface area contributed by atoms with Crippen molar-refractivity contribution >= 4 is 17.8 Å². The Morgan fingerprint density at radius 2 is 1.68 bits per heavy atom. The number of pyridine rings is 1. The first kappa shape index (κ1) is 32.1. The number of aryl methyl sites for hydroxylation is 1. The van der Waals surface area contributed by atoms with Gasteiger partial charge in [0.1, 0.15) is 0 Å². The molecule has 2 N–H and O–H groups in total. The van der Waals surface area contributed by atoms with Gasteiger partial charge in [-0.05, 0) is 31.4 Å². The number of methoxy groups -OCH3 is 1. The summed E-state index contributed by atoms with van der Waals surface area (Å²) < 4.78 is 68.6. The van der Waals surface area contributed by atoms with E-state index in [1.54, 1.807) is 7.11 Å². The molecule has 2 aliphatic heterocycles. The summed E-state index contributed by atoms with van der Waals surface area (Å²) in [7, 11) is 1.69. The van der Waals surface area contributed by atoms with E-state index in [1.165, 1.54) is 0 Å². The molecule has 210 valence electrons. The zero-order valence-electron chi connectivity index (χ0n) is 20.4. The van der Waals surface area contributed by atoms with Crippen LogP contribution < -0.4 is 0 Å². The maximum Gasteiger partial charge on any atom is 0.490 e. The number of carboxylic acids is 2. The van der Waals surface area contributed by atoms with Crippen LogP contribution in [-0.2, 0) is 25.7 Å². The minimum Gasteiger partial charge on any atom is -0.475 e. The largest absolute Gasteiger partial charge is 0.490 e. The summed E-state index contributed by atoms with van der Waals surface area (Å²) in [5.74, 6) is -4.80. The van der Waals surface area contributed by atoms with Gasteiger partial charge in [0.2, 0.25) is 5.91 Å². The summed E-state index contributed by atoms with van der Waals surface area (Å²) >= 11 is 0. The first-order chi connectivity index (χ1) is 16.9. The molecule has 1 aromatic heterocycles. The van der Waals surface area contributed by atoms with Gasteiger partial charge in [0.25, 0.3) is 0 Å². The van der Waals surface area contributed by atoms with Crippen molar-refractivity contribution in [2.75, 3.05) is 39.9 Å². The van der Waals surface area contributed by atoms with Crippen molar-refractivity contribution in [2.24, 2.45) is 11.3 Å². The third-order valence-corrected chi connectivity index (χ3v) is 5.90. The van der Waals surface area contributed by atoms with Crippen LogP contribution in [0.3, 0.4) is 0 Å². The molecule has 0 unspecified atom stereocenters. The lowest BCUT2D eigenvalue weighted by atomic mass is 9.78. The fourth-order valence-electron chi connectivity index (χ4n) is 4.10. The second-order valence-electron chi connectivity index (χ2n) is 8.64. The zero-order valence-corrected chi connectivity index (χ0v) is 20.4. The van der Waals surface area contributed by atoms with Gasteiger partial charge in [-0.1, -0.05) is 13.0 Å². The molecule has 1 spiro atoms. The fraction of sp³-hybridized carbons (Fsp3) is 0.636. The number of amides is 1. The van der Waals surface area contributed by atoms with E-state index in [2.05, 4.69) is 28.9 Å². The number of likely N-dealkylation sites (tertiary alicyclic amines) is 2. The van der Waals surface area contributed by atoms with Gasteiger partial charge in [-0.3, -0.25) is 14.7 Å². The first-order valence-corrected chi connectivity index (χ1v) is 11.0. The van der Waals surface area contributed by atoms with E-state index in [-0.39, 0.29) is 5.41 Å². The summed E-state index contributed by atoms with van der Waals surface area (Å²) in [6.07, 6.45) is -9.20. The van der Waals surface area contributed by atoms with Crippen LogP contribution in [0.1, 0.15) is 24.7 Å². The Kier molecular flexibility index (Phi) is 11.3. The van der Waals surface area contributed by atoms with Crippen molar-refractivity contribution < 1.29 is 55.7 Å². The Bertz CT molecular complexity index is 918. The number of carbonyl (C=O) groups excluding carboxylic acids is 1. The van der Waals surface area contributed by atoms with Crippen LogP contribution in [0.25, 0.3) is 0 Å². The summed E-state index contributed by atoms with van der Waals surface area (Å²) in [6.45, 7) is 9.09. The molecule has 1 aromatic rings. The average Bonchev–Trinajstić information content (AvgIpc) is 3.25. The second-order valence-corrected chi connectivity index (χ2v) is 8.64. The number of ether oxygens (including phenoxy) is 1. The maximum atomic E-state index is 12.9. The second kappa shape index (κ2) is 13.0. The van der Waals surface area contributed by atoms with E-state index in [0.29, 0.717) is 25.0 Å². The highest BCUT2D eigenvalue weighted by molar-refractivity contribution is 5.86. The molecular weight excluding hydrogens is 516 g/mol. The van der Waals surface area contributed by atoms with Gasteiger partial charge in [-0.25, -0.2) is 9.59 Å². The van der Waals surface area contributed by atoms with Crippen molar-refractivity contribution in [3.63, 3.8) is 0 Å². The first-order valence-electron chi connectivity index (χ1n) is 11.0. The Hall–Kier alpha value is -2.94. The Morgan fingerprint density at radius 1 is 1.14 bits per heavy atom. The standard InChI is InChI=1S/C18H27N3O2.2C2HF3O2/c1-14-11-20(12-16-6-4-5-15(2)19-16)13-18(14)7-8-21(17(18)22)9-10-23-3;2*3-2(4,5)1(6)7/h4-6,14H,7-13H2,1-3H3;2*(H,6,7)/t14-,18-;;/m1../s1. The summed E-state index contributed by atoms with van der Waals surface area (Å²) in [5.41, 5.74) is 1.94. The lowest BCUT2D eigenvalue weighted by molar-refractivity contribution is -0.193. The summed E-state index contributed by atoms with van der Waals surface area (Å²) in [4.78, 5) is 39.7. The molecule has 3 heterocycles. The normalized spacial score (nSPS) is 21.8. The minimum atomic E-state index is -5.08. The predicted molar refractivity (Wildman–Crippen MR) is 116 cm³/mol. The molecule has 0 radical (unpaired) electrons. The number of nitrogens with zero attached hydrogens (tertiary/aromatic N) is 3. The van der Waals surface area contributed by atoms with Crippen LogP contribution in [0, 0.1) is 18.3 Å². The molecule has 0 aliphatic carbocycles. The number of hydrogen-bond donors (Lipinski definition) is 2. The topological polar surface area (TPSA) is 120 Å². The lowest BCUT2D eigenvalue weighted by Gasteiger charge is -2.26. The molecule has 0 aromatic carbocycles. The molecule has 2 aliphatic rings. The number of aliphatic carboxylic acids is 2. The van der Waals surface area contributed by atoms with E-state index in [4.69, 9.17) is 24.5 Å². The maximum absolute atomic E-state index is 12.9. The number of alkyl halides is 6. The van der Waals surface area contributed by atoms with Crippen LogP contribution in [0.15, 0.2) is 18.2 Å². The van der Waals surface area contributed by atoms with Crippen LogP contribution in [0.4, 0.5) is 26.3 Å². The van der Waals surface area contributed by atoms with Gasteiger partial charge in [0.05, 0.1) is 17.7 Å². The molecule has 1 amide bonds. The molecular formula is C22H29F6N3O6. The minimum absolute atomic E-state index is 0.197. The quantitative estimate of drug-likeness (QED) is 0.542. The van der Waals surface area contributed by atoms with Crippen molar-refractivity contribution in [3.8, 4) is 0 Å². The number of rotatable bonds is 5. The van der Waals surface area contributed by atoms with Gasteiger partial charge < -0.3 is 19.8 Å². The average molecular weight is 545 g/mol. The Labute approximate surface area is 209 Å². The Balaban J connectivity index is 0.000000404. The van der Waals surface area contributed by atoms with Gasteiger partial charge >= 0.3 is 24.3 Å². The number of carbonyl (C=O) groups is 3. The molecule has 2 atom stereocenters. The fourth-order valence-corrected chi connectivity index (χ4v) is 4.10. The summed E-state index contributed by atoms with van der Waals surface area (Å²) in [5, 5.41) is 14.2. The van der Waals surface area contributed by atoms with Gasteiger partial charge in [0, 0.05) is 45.5 Å². The van der Waals surface area contributed by atoms with Crippen molar-refractivity contribution in [2.45, 2.75) is 39.2 Å². The van der Waals surface area contributed by atoms with Crippen molar-refractivity contribution in [3.05, 3.63) is 29.6 Å².